The second-order valence-corrected chi connectivity index (χ2v) is 6.53. The van der Waals surface area contributed by atoms with Gasteiger partial charge in [0.05, 0.1) is 23.0 Å². The van der Waals surface area contributed by atoms with Crippen LogP contribution in [0.5, 0.6) is 0 Å². The van der Waals surface area contributed by atoms with Crippen molar-refractivity contribution in [1.82, 2.24) is 4.90 Å². The van der Waals surface area contributed by atoms with Crippen molar-refractivity contribution in [2.24, 2.45) is 5.92 Å². The lowest BCUT2D eigenvalue weighted by Crippen LogP contribution is -2.42. The van der Waals surface area contributed by atoms with Crippen LogP contribution in [0.4, 0.5) is 5.69 Å². The Balaban J connectivity index is 2.12. The predicted molar refractivity (Wildman–Crippen MR) is 91.0 cm³/mol. The van der Waals surface area contributed by atoms with Gasteiger partial charge >= 0.3 is 5.97 Å². The minimum atomic E-state index is -0.950. The van der Waals surface area contributed by atoms with Crippen molar-refractivity contribution in [3.8, 4) is 0 Å². The highest BCUT2D eigenvalue weighted by atomic mass is 35.5. The lowest BCUT2D eigenvalue weighted by Gasteiger charge is -2.28. The maximum absolute atomic E-state index is 12.7. The summed E-state index contributed by atoms with van der Waals surface area (Å²) in [6, 6.07) is 6.89. The van der Waals surface area contributed by atoms with Crippen LogP contribution >= 0.6 is 11.6 Å². The van der Waals surface area contributed by atoms with E-state index in [1.54, 1.807) is 24.3 Å². The Hall–Kier alpha value is -2.08. The molecule has 0 radical (unpaired) electrons. The highest BCUT2D eigenvalue weighted by Gasteiger charge is 2.38. The van der Waals surface area contributed by atoms with Gasteiger partial charge in [0.15, 0.2) is 0 Å². The lowest BCUT2D eigenvalue weighted by atomic mass is 10.1. The van der Waals surface area contributed by atoms with Gasteiger partial charge in [-0.2, -0.15) is 0 Å². The number of carbonyl (C=O) groups excluding carboxylic acids is 2. The molecule has 130 valence electrons. The van der Waals surface area contributed by atoms with Crippen molar-refractivity contribution >= 4 is 35.1 Å². The second kappa shape index (κ2) is 7.66. The van der Waals surface area contributed by atoms with E-state index in [0.29, 0.717) is 10.7 Å². The van der Waals surface area contributed by atoms with E-state index < -0.39 is 11.9 Å². The maximum Gasteiger partial charge on any atom is 0.305 e. The molecule has 6 nitrogen and oxygen atoms in total. The molecule has 1 aliphatic heterocycles. The molecule has 1 N–H and O–H groups in total. The number of anilines is 1. The number of carbonyl (C=O) groups is 3. The number of carboxylic acids is 1. The van der Waals surface area contributed by atoms with Crippen LogP contribution < -0.4 is 4.90 Å². The maximum atomic E-state index is 12.7. The van der Waals surface area contributed by atoms with Gasteiger partial charge in [-0.05, 0) is 26.0 Å². The van der Waals surface area contributed by atoms with Crippen molar-refractivity contribution in [3.05, 3.63) is 29.3 Å². The molecule has 1 aliphatic rings. The fourth-order valence-corrected chi connectivity index (χ4v) is 3.09. The summed E-state index contributed by atoms with van der Waals surface area (Å²) in [5, 5.41) is 9.30. The normalized spacial score (nSPS) is 17.4. The van der Waals surface area contributed by atoms with E-state index in [9.17, 15) is 14.4 Å². The summed E-state index contributed by atoms with van der Waals surface area (Å²) >= 11 is 6.14. The summed E-state index contributed by atoms with van der Waals surface area (Å²) in [5.41, 5.74) is 0.598. The fraction of sp³-hybridized carbons (Fsp3) is 0.471. The molecule has 0 spiro atoms. The summed E-state index contributed by atoms with van der Waals surface area (Å²) in [5.74, 6) is -1.77. The van der Waals surface area contributed by atoms with Gasteiger partial charge in [-0.1, -0.05) is 23.7 Å². The Labute approximate surface area is 146 Å². The van der Waals surface area contributed by atoms with Gasteiger partial charge in [0.2, 0.25) is 11.8 Å². The fourth-order valence-electron chi connectivity index (χ4n) is 2.85. The number of para-hydroxylation sites is 1. The molecule has 24 heavy (non-hydrogen) atoms. The topological polar surface area (TPSA) is 77.9 Å². The molecule has 0 aliphatic carbocycles. The molecule has 1 unspecified atom stereocenters. The molecule has 0 aromatic heterocycles. The van der Waals surface area contributed by atoms with E-state index >= 15 is 0 Å². The van der Waals surface area contributed by atoms with Crippen LogP contribution in [-0.4, -0.2) is 46.9 Å². The van der Waals surface area contributed by atoms with Crippen molar-refractivity contribution in [3.63, 3.8) is 0 Å². The monoisotopic (exact) mass is 352 g/mol. The number of hydrogen-bond acceptors (Lipinski definition) is 3. The molecule has 1 aromatic carbocycles. The van der Waals surface area contributed by atoms with Crippen molar-refractivity contribution in [2.45, 2.75) is 32.7 Å². The van der Waals surface area contributed by atoms with E-state index in [4.69, 9.17) is 16.7 Å². The third kappa shape index (κ3) is 4.06. The summed E-state index contributed by atoms with van der Waals surface area (Å²) in [7, 11) is 0. The van der Waals surface area contributed by atoms with E-state index in [0.717, 1.165) is 0 Å². The van der Waals surface area contributed by atoms with Gasteiger partial charge in [-0.15, -0.1) is 0 Å². The third-order valence-electron chi connectivity index (χ3n) is 4.09. The number of amides is 2. The highest BCUT2D eigenvalue weighted by molar-refractivity contribution is 6.33. The zero-order valence-corrected chi connectivity index (χ0v) is 14.5. The minimum Gasteiger partial charge on any atom is -0.481 e. The highest BCUT2D eigenvalue weighted by Crippen LogP contribution is 2.31. The van der Waals surface area contributed by atoms with Gasteiger partial charge in [-0.25, -0.2) is 0 Å². The molecular formula is C17H21ClN2O4. The largest absolute Gasteiger partial charge is 0.481 e. The molecule has 1 aromatic rings. The summed E-state index contributed by atoms with van der Waals surface area (Å²) in [4.78, 5) is 38.9. The molecule has 1 atom stereocenters. The Kier molecular flexibility index (Phi) is 5.83. The molecule has 0 bridgehead atoms. The van der Waals surface area contributed by atoms with Crippen LogP contribution in [0.2, 0.25) is 5.02 Å². The van der Waals surface area contributed by atoms with Crippen LogP contribution in [-0.2, 0) is 14.4 Å². The van der Waals surface area contributed by atoms with Crippen molar-refractivity contribution in [1.29, 1.82) is 0 Å². The van der Waals surface area contributed by atoms with E-state index in [1.807, 2.05) is 13.8 Å². The van der Waals surface area contributed by atoms with Gasteiger partial charge in [0.25, 0.3) is 0 Å². The Morgan fingerprint density at radius 3 is 2.62 bits per heavy atom. The average Bonchev–Trinajstić information content (AvgIpc) is 2.89. The standard InChI is InChI=1S/C17H21ClN2O4/c1-11(2)19(8-7-16(22)23)17(24)12-9-15(21)20(10-12)14-6-4-3-5-13(14)18/h3-6,11-12H,7-10H2,1-2H3,(H,22,23). The number of rotatable bonds is 6. The van der Waals surface area contributed by atoms with Crippen LogP contribution in [0, 0.1) is 5.92 Å². The minimum absolute atomic E-state index is 0.111. The molecule has 1 heterocycles. The van der Waals surface area contributed by atoms with Gasteiger partial charge in [0.1, 0.15) is 0 Å². The van der Waals surface area contributed by atoms with E-state index in [2.05, 4.69) is 0 Å². The van der Waals surface area contributed by atoms with Gasteiger partial charge < -0.3 is 14.9 Å². The molecule has 1 fully saturated rings. The van der Waals surface area contributed by atoms with Crippen molar-refractivity contribution in [2.75, 3.05) is 18.0 Å². The molecule has 2 amide bonds. The predicted octanol–water partition coefficient (Wildman–Crippen LogP) is 2.40. The van der Waals surface area contributed by atoms with E-state index in [1.165, 1.54) is 9.80 Å². The van der Waals surface area contributed by atoms with Crippen LogP contribution in [0.25, 0.3) is 0 Å². The summed E-state index contributed by atoms with van der Waals surface area (Å²) in [6.07, 6.45) is -0.000831. The van der Waals surface area contributed by atoms with Crippen LogP contribution in [0.1, 0.15) is 26.7 Å². The van der Waals surface area contributed by atoms with Gasteiger partial charge in [0, 0.05) is 25.6 Å². The molecular weight excluding hydrogens is 332 g/mol. The summed E-state index contributed by atoms with van der Waals surface area (Å²) in [6.45, 7) is 4.07. The Morgan fingerprint density at radius 1 is 1.38 bits per heavy atom. The summed E-state index contributed by atoms with van der Waals surface area (Å²) < 4.78 is 0. The Bertz CT molecular complexity index is 647. The molecule has 2 rings (SSSR count). The van der Waals surface area contributed by atoms with Crippen LogP contribution in [0.15, 0.2) is 24.3 Å². The van der Waals surface area contributed by atoms with E-state index in [-0.39, 0.29) is 43.8 Å². The first-order chi connectivity index (χ1) is 11.3. The second-order valence-electron chi connectivity index (χ2n) is 6.13. The number of hydrogen-bond donors (Lipinski definition) is 1. The number of nitrogens with zero attached hydrogens (tertiary/aromatic N) is 2. The zero-order chi connectivity index (χ0) is 17.9. The zero-order valence-electron chi connectivity index (χ0n) is 13.7. The number of carboxylic acid groups (broad SMARTS) is 1. The first-order valence-corrected chi connectivity index (χ1v) is 8.26. The average molecular weight is 353 g/mol. The lowest BCUT2D eigenvalue weighted by molar-refractivity contribution is -0.141. The Morgan fingerprint density at radius 2 is 2.04 bits per heavy atom. The third-order valence-corrected chi connectivity index (χ3v) is 4.41. The molecule has 7 heteroatoms. The first-order valence-electron chi connectivity index (χ1n) is 7.88. The first kappa shape index (κ1) is 18.3. The number of halogens is 1. The SMILES string of the molecule is CC(C)N(CCC(=O)O)C(=O)C1CC(=O)N(c2ccccc2Cl)C1. The van der Waals surface area contributed by atoms with Gasteiger partial charge in [-0.3, -0.25) is 14.4 Å². The molecule has 0 saturated carbocycles. The molecule has 1 saturated heterocycles. The number of benzene rings is 1. The number of aliphatic carboxylic acids is 1. The van der Waals surface area contributed by atoms with Crippen LogP contribution in [0.3, 0.4) is 0 Å². The van der Waals surface area contributed by atoms with Crippen molar-refractivity contribution < 1.29 is 19.5 Å². The smallest absolute Gasteiger partial charge is 0.305 e. The quantitative estimate of drug-likeness (QED) is 0.852.